The van der Waals surface area contributed by atoms with Crippen LogP contribution in [0.15, 0.2) is 70.4 Å². The molecule has 0 radical (unpaired) electrons. The number of carbonyl (C=O) groups is 1. The number of hydrogen-bond acceptors (Lipinski definition) is 4. The lowest BCUT2D eigenvalue weighted by Crippen LogP contribution is -2.42. The van der Waals surface area contributed by atoms with Gasteiger partial charge in [-0.25, -0.2) is 12.8 Å². The lowest BCUT2D eigenvalue weighted by Gasteiger charge is -2.30. The molecule has 1 amide bonds. The van der Waals surface area contributed by atoms with Crippen LogP contribution >= 0.6 is 0 Å². The summed E-state index contributed by atoms with van der Waals surface area (Å²) in [5.41, 5.74) is 0.181. The van der Waals surface area contributed by atoms with Gasteiger partial charge in [0, 0.05) is 29.4 Å². The molecule has 1 aliphatic heterocycles. The Morgan fingerprint density at radius 3 is 2.34 bits per heavy atom. The van der Waals surface area contributed by atoms with E-state index in [0.717, 1.165) is 12.5 Å². The fourth-order valence-corrected chi connectivity index (χ4v) is 5.78. The van der Waals surface area contributed by atoms with Crippen molar-refractivity contribution in [3.63, 3.8) is 0 Å². The summed E-state index contributed by atoms with van der Waals surface area (Å²) in [6.45, 7) is 4.53. The Hall–Kier alpha value is -3.56. The highest BCUT2D eigenvalue weighted by Gasteiger charge is 2.30. The fraction of sp³-hybridized carbons (Fsp3) is 0.231. The van der Waals surface area contributed by atoms with Gasteiger partial charge in [-0.15, -0.1) is 0 Å². The molecular weight excluding hydrogens is 469 g/mol. The minimum atomic E-state index is -3.51. The first-order valence-electron chi connectivity index (χ1n) is 11.3. The highest BCUT2D eigenvalue weighted by molar-refractivity contribution is 7.89. The minimum absolute atomic E-state index is 0.163. The zero-order valence-corrected chi connectivity index (χ0v) is 20.1. The van der Waals surface area contributed by atoms with Crippen LogP contribution < -0.4 is 10.7 Å². The van der Waals surface area contributed by atoms with Crippen molar-refractivity contribution in [1.29, 1.82) is 0 Å². The predicted octanol–water partition coefficient (Wildman–Crippen LogP) is 3.88. The molecule has 0 bridgehead atoms. The van der Waals surface area contributed by atoms with E-state index < -0.39 is 27.3 Å². The number of fused-ring (bicyclic) bond motifs is 2. The predicted molar refractivity (Wildman–Crippen MR) is 132 cm³/mol. The maximum atomic E-state index is 14.9. The van der Waals surface area contributed by atoms with E-state index in [1.165, 1.54) is 22.5 Å². The average Bonchev–Trinajstić information content (AvgIpc) is 2.78. The zero-order valence-electron chi connectivity index (χ0n) is 19.3. The number of pyridine rings is 1. The van der Waals surface area contributed by atoms with Crippen LogP contribution in [0.3, 0.4) is 0 Å². The monoisotopic (exact) mass is 493 g/mol. The molecule has 4 aromatic rings. The van der Waals surface area contributed by atoms with Crippen LogP contribution in [0.2, 0.25) is 0 Å². The van der Waals surface area contributed by atoms with Gasteiger partial charge in [0.25, 0.3) is 5.91 Å². The Labute approximate surface area is 201 Å². The summed E-state index contributed by atoms with van der Waals surface area (Å²) in [6.07, 6.45) is 0.853. The first kappa shape index (κ1) is 23.2. The number of aromatic amines is 1. The van der Waals surface area contributed by atoms with E-state index in [2.05, 4.69) is 10.3 Å². The number of halogens is 1. The van der Waals surface area contributed by atoms with Crippen LogP contribution in [-0.4, -0.2) is 36.7 Å². The second kappa shape index (κ2) is 8.28. The third-order valence-electron chi connectivity index (χ3n) is 6.49. The van der Waals surface area contributed by atoms with Gasteiger partial charge >= 0.3 is 0 Å². The van der Waals surface area contributed by atoms with Gasteiger partial charge < -0.3 is 10.3 Å². The van der Waals surface area contributed by atoms with Gasteiger partial charge in [-0.1, -0.05) is 24.3 Å². The van der Waals surface area contributed by atoms with E-state index in [9.17, 15) is 22.4 Å². The molecule has 0 unspecified atom stereocenters. The number of nitrogens with zero attached hydrogens (tertiary/aromatic N) is 1. The molecule has 180 valence electrons. The number of sulfonamides is 1. The number of nitrogens with one attached hydrogen (secondary N) is 2. The Bertz CT molecular complexity index is 1640. The molecule has 1 aromatic heterocycles. The van der Waals surface area contributed by atoms with Gasteiger partial charge in [0.15, 0.2) is 5.43 Å². The summed E-state index contributed by atoms with van der Waals surface area (Å²) in [6, 6.07) is 15.7. The number of carbonyl (C=O) groups excluding carboxylic acids is 1. The van der Waals surface area contributed by atoms with Crippen LogP contribution in [0.1, 0.15) is 36.2 Å². The van der Waals surface area contributed by atoms with Crippen molar-refractivity contribution in [1.82, 2.24) is 14.6 Å². The quantitative estimate of drug-likeness (QED) is 0.412. The maximum Gasteiger partial charge on any atom is 0.255 e. The molecule has 1 aliphatic rings. The van der Waals surface area contributed by atoms with Gasteiger partial charge in [0.2, 0.25) is 10.0 Å². The van der Waals surface area contributed by atoms with E-state index in [4.69, 9.17) is 0 Å². The van der Waals surface area contributed by atoms with E-state index >= 15 is 0 Å². The van der Waals surface area contributed by atoms with Crippen LogP contribution in [0, 0.1) is 5.82 Å². The van der Waals surface area contributed by atoms with Crippen molar-refractivity contribution >= 4 is 37.7 Å². The SMILES string of the molecule is CC(C)(NC(=O)c1cc2[nH]c3ccccc3c(=O)c2cc1F)c1ccc(S(=O)(=O)N2CCC2)cc1. The Morgan fingerprint density at radius 2 is 1.69 bits per heavy atom. The highest BCUT2D eigenvalue weighted by atomic mass is 32.2. The molecule has 1 fully saturated rings. The summed E-state index contributed by atoms with van der Waals surface area (Å²) in [5.74, 6) is -1.46. The van der Waals surface area contributed by atoms with Crippen molar-refractivity contribution in [2.75, 3.05) is 13.1 Å². The van der Waals surface area contributed by atoms with Crippen molar-refractivity contribution in [2.45, 2.75) is 30.7 Å². The second-order valence-corrected chi connectivity index (χ2v) is 11.2. The van der Waals surface area contributed by atoms with Crippen LogP contribution in [0.5, 0.6) is 0 Å². The molecule has 5 rings (SSSR count). The first-order valence-corrected chi connectivity index (χ1v) is 12.7. The van der Waals surface area contributed by atoms with Crippen LogP contribution in [0.4, 0.5) is 4.39 Å². The Balaban J connectivity index is 1.44. The molecule has 3 aromatic carbocycles. The van der Waals surface area contributed by atoms with Gasteiger partial charge in [0.05, 0.1) is 21.5 Å². The molecule has 0 spiro atoms. The number of para-hydroxylation sites is 1. The molecular formula is C26H24FN3O4S. The third-order valence-corrected chi connectivity index (χ3v) is 8.41. The fourth-order valence-electron chi connectivity index (χ4n) is 4.26. The van der Waals surface area contributed by atoms with Crippen LogP contribution in [-0.2, 0) is 15.6 Å². The van der Waals surface area contributed by atoms with Crippen molar-refractivity contribution in [2.24, 2.45) is 0 Å². The molecule has 2 N–H and O–H groups in total. The standard InChI is InChI=1S/C26H24FN3O4S/c1-26(2,16-8-10-17(11-9-16)35(33,34)30-12-5-13-30)29-25(32)19-15-23-20(14-21(19)27)24(31)18-6-3-4-7-22(18)28-23/h3-4,6-11,14-15H,5,12-13H2,1-2H3,(H,28,31)(H,29,32). The average molecular weight is 494 g/mol. The number of amides is 1. The zero-order chi connectivity index (χ0) is 25.0. The smallest absolute Gasteiger partial charge is 0.255 e. The number of hydrogen-bond donors (Lipinski definition) is 2. The topological polar surface area (TPSA) is 99.3 Å². The summed E-state index contributed by atoms with van der Waals surface area (Å²) < 4.78 is 41.5. The third kappa shape index (κ3) is 4.00. The van der Waals surface area contributed by atoms with Gasteiger partial charge in [-0.3, -0.25) is 9.59 Å². The Morgan fingerprint density at radius 1 is 1.00 bits per heavy atom. The number of benzene rings is 3. The Kier molecular flexibility index (Phi) is 5.49. The maximum absolute atomic E-state index is 14.9. The molecule has 2 heterocycles. The summed E-state index contributed by atoms with van der Waals surface area (Å²) >= 11 is 0. The molecule has 35 heavy (non-hydrogen) atoms. The highest BCUT2D eigenvalue weighted by Crippen LogP contribution is 2.26. The van der Waals surface area contributed by atoms with Crippen molar-refractivity contribution in [3.05, 3.63) is 87.8 Å². The molecule has 0 saturated carbocycles. The summed E-state index contributed by atoms with van der Waals surface area (Å²) in [4.78, 5) is 29.1. The van der Waals surface area contributed by atoms with Crippen LogP contribution in [0.25, 0.3) is 21.8 Å². The van der Waals surface area contributed by atoms with E-state index in [1.807, 2.05) is 0 Å². The first-order chi connectivity index (χ1) is 16.6. The second-order valence-electron chi connectivity index (χ2n) is 9.24. The molecule has 9 heteroatoms. The minimum Gasteiger partial charge on any atom is -0.354 e. The molecule has 0 aliphatic carbocycles. The van der Waals surface area contributed by atoms with E-state index in [-0.39, 0.29) is 21.3 Å². The lowest BCUT2D eigenvalue weighted by atomic mass is 9.93. The molecule has 7 nitrogen and oxygen atoms in total. The summed E-state index contributed by atoms with van der Waals surface area (Å²) in [7, 11) is -3.51. The van der Waals surface area contributed by atoms with Gasteiger partial charge in [-0.2, -0.15) is 4.31 Å². The van der Waals surface area contributed by atoms with Gasteiger partial charge in [0.1, 0.15) is 5.82 Å². The van der Waals surface area contributed by atoms with Crippen molar-refractivity contribution in [3.8, 4) is 0 Å². The van der Waals surface area contributed by atoms with E-state index in [1.54, 1.807) is 50.2 Å². The lowest BCUT2D eigenvalue weighted by molar-refractivity contribution is 0.0908. The number of rotatable bonds is 5. The number of aromatic nitrogens is 1. The molecule has 0 atom stereocenters. The van der Waals surface area contributed by atoms with Crippen molar-refractivity contribution < 1.29 is 17.6 Å². The number of H-pyrrole nitrogens is 1. The largest absolute Gasteiger partial charge is 0.354 e. The summed E-state index contributed by atoms with van der Waals surface area (Å²) in [5, 5.41) is 3.42. The van der Waals surface area contributed by atoms with E-state index in [0.29, 0.717) is 35.1 Å². The molecule has 1 saturated heterocycles. The normalized spacial score (nSPS) is 14.7. The van der Waals surface area contributed by atoms with Gasteiger partial charge in [-0.05, 0) is 62.2 Å².